The van der Waals surface area contributed by atoms with Crippen molar-refractivity contribution in [2.24, 2.45) is 0 Å². The van der Waals surface area contributed by atoms with Crippen molar-refractivity contribution in [3.63, 3.8) is 0 Å². The van der Waals surface area contributed by atoms with Crippen molar-refractivity contribution in [2.45, 2.75) is 35.8 Å². The molecule has 1 aromatic carbocycles. The van der Waals surface area contributed by atoms with E-state index in [1.54, 1.807) is 0 Å². The number of hydrogen-bond donors (Lipinski definition) is 1. The van der Waals surface area contributed by atoms with Crippen LogP contribution in [0, 0.1) is 11.3 Å². The second-order valence-electron chi connectivity index (χ2n) is 6.51. The third-order valence-corrected chi connectivity index (χ3v) is 7.62. The van der Waals surface area contributed by atoms with Gasteiger partial charge in [0.15, 0.2) is 13.2 Å². The monoisotopic (exact) mass is 406 g/mol. The number of nitrogens with one attached hydrogen (secondary N) is 1. The van der Waals surface area contributed by atoms with Crippen molar-refractivity contribution in [3.8, 4) is 11.8 Å². The van der Waals surface area contributed by atoms with Crippen LogP contribution < -0.4 is 10.1 Å². The van der Waals surface area contributed by atoms with E-state index in [-0.39, 0.29) is 6.61 Å². The zero-order valence-electron chi connectivity index (χ0n) is 14.9. The van der Waals surface area contributed by atoms with Gasteiger partial charge in [-0.05, 0) is 31.7 Å². The Morgan fingerprint density at radius 2 is 1.89 bits per heavy atom. The highest BCUT2D eigenvalue weighted by atomic mass is 32.2. The van der Waals surface area contributed by atoms with E-state index in [2.05, 4.69) is 11.4 Å². The first-order chi connectivity index (χ1) is 13.1. The van der Waals surface area contributed by atoms with Gasteiger partial charge >= 0.3 is 5.97 Å². The molecule has 1 N–H and O–H groups in total. The summed E-state index contributed by atoms with van der Waals surface area (Å²) in [6, 6.07) is 9.84. The number of ether oxygens (including phenoxy) is 2. The van der Waals surface area contributed by atoms with Crippen LogP contribution in [0.2, 0.25) is 0 Å². The number of benzene rings is 1. The summed E-state index contributed by atoms with van der Waals surface area (Å²) in [6.45, 7) is -0.655. The third kappa shape index (κ3) is 5.33. The number of thioether (sulfide) groups is 2. The van der Waals surface area contributed by atoms with Crippen LogP contribution in [0.25, 0.3) is 0 Å². The van der Waals surface area contributed by atoms with Crippen LogP contribution in [-0.2, 0) is 14.3 Å². The van der Waals surface area contributed by atoms with Crippen molar-refractivity contribution in [3.05, 3.63) is 29.8 Å². The first-order valence-electron chi connectivity index (χ1n) is 8.95. The molecule has 0 unspecified atom stereocenters. The average molecular weight is 407 g/mol. The molecule has 0 spiro atoms. The molecule has 0 atom stereocenters. The number of esters is 1. The third-order valence-electron chi connectivity index (χ3n) is 4.55. The Bertz CT molecular complexity index is 723. The van der Waals surface area contributed by atoms with Gasteiger partial charge in [-0.1, -0.05) is 18.2 Å². The largest absolute Gasteiger partial charge is 0.482 e. The average Bonchev–Trinajstić information content (AvgIpc) is 3.37. The zero-order chi connectivity index (χ0) is 19.1. The molecule has 2 aliphatic rings. The van der Waals surface area contributed by atoms with Crippen LogP contribution in [0.4, 0.5) is 0 Å². The molecule has 1 aliphatic heterocycles. The van der Waals surface area contributed by atoms with Gasteiger partial charge < -0.3 is 14.8 Å². The number of amides is 1. The topological polar surface area (TPSA) is 88.4 Å². The summed E-state index contributed by atoms with van der Waals surface area (Å²) in [5, 5.41) is 12.0. The van der Waals surface area contributed by atoms with Crippen molar-refractivity contribution >= 4 is 35.4 Å². The normalized spacial score (nSPS) is 18.6. The van der Waals surface area contributed by atoms with Gasteiger partial charge in [0, 0.05) is 17.1 Å². The highest BCUT2D eigenvalue weighted by molar-refractivity contribution is 8.19. The molecule has 0 bridgehead atoms. The molecule has 144 valence electrons. The van der Waals surface area contributed by atoms with Crippen molar-refractivity contribution in [1.82, 2.24) is 5.32 Å². The predicted octanol–water partition coefficient (Wildman–Crippen LogP) is 3.04. The highest BCUT2D eigenvalue weighted by Gasteiger charge is 2.35. The molecule has 1 heterocycles. The molecular weight excluding hydrogens is 384 g/mol. The maximum Gasteiger partial charge on any atom is 0.344 e. The lowest BCUT2D eigenvalue weighted by molar-refractivity contribution is -0.150. The summed E-state index contributed by atoms with van der Waals surface area (Å²) in [4.78, 5) is 23.9. The zero-order valence-corrected chi connectivity index (χ0v) is 16.6. The molecular formula is C19H22N2O4S2. The van der Waals surface area contributed by atoms with Gasteiger partial charge in [0.1, 0.15) is 11.3 Å². The summed E-state index contributed by atoms with van der Waals surface area (Å²) in [6.07, 6.45) is 3.11. The summed E-state index contributed by atoms with van der Waals surface area (Å²) in [5.41, 5.74) is 0.253. The van der Waals surface area contributed by atoms with Crippen LogP contribution >= 0.6 is 23.5 Å². The molecule has 1 aliphatic carbocycles. The maximum absolute atomic E-state index is 12.0. The summed E-state index contributed by atoms with van der Waals surface area (Å²) in [7, 11) is 0. The molecule has 3 rings (SSSR count). The van der Waals surface area contributed by atoms with Gasteiger partial charge in [0.25, 0.3) is 5.91 Å². The fraction of sp³-hybridized carbons (Fsp3) is 0.526. The number of nitrogens with zero attached hydrogens (tertiary/aromatic N) is 1. The summed E-state index contributed by atoms with van der Waals surface area (Å²) < 4.78 is 10.9. The minimum absolute atomic E-state index is 0.254. The number of rotatable bonds is 7. The Hall–Kier alpha value is -1.85. The second-order valence-corrected chi connectivity index (χ2v) is 9.23. The van der Waals surface area contributed by atoms with Gasteiger partial charge in [-0.15, -0.1) is 23.5 Å². The lowest BCUT2D eigenvalue weighted by Gasteiger charge is -2.21. The van der Waals surface area contributed by atoms with Crippen molar-refractivity contribution < 1.29 is 19.1 Å². The van der Waals surface area contributed by atoms with Gasteiger partial charge in [-0.3, -0.25) is 4.79 Å². The second kappa shape index (κ2) is 9.38. The molecule has 1 saturated heterocycles. The fourth-order valence-electron chi connectivity index (χ4n) is 3.22. The molecule has 1 amide bonds. The van der Waals surface area contributed by atoms with Crippen LogP contribution in [0.3, 0.4) is 0 Å². The Kier molecular flexibility index (Phi) is 6.91. The van der Waals surface area contributed by atoms with E-state index in [1.807, 2.05) is 47.8 Å². The van der Waals surface area contributed by atoms with E-state index >= 15 is 0 Å². The Morgan fingerprint density at radius 1 is 1.19 bits per heavy atom. The van der Waals surface area contributed by atoms with E-state index in [0.29, 0.717) is 23.2 Å². The van der Waals surface area contributed by atoms with E-state index in [4.69, 9.17) is 9.47 Å². The summed E-state index contributed by atoms with van der Waals surface area (Å²) in [5.74, 6) is 1.81. The fourth-order valence-corrected chi connectivity index (χ4v) is 6.12. The van der Waals surface area contributed by atoms with Gasteiger partial charge in [0.2, 0.25) is 0 Å². The van der Waals surface area contributed by atoms with Crippen LogP contribution in [0.1, 0.15) is 35.8 Å². The van der Waals surface area contributed by atoms with Gasteiger partial charge in [-0.25, -0.2) is 4.79 Å². The lowest BCUT2D eigenvalue weighted by Crippen LogP contribution is -2.46. The van der Waals surface area contributed by atoms with E-state index < -0.39 is 24.0 Å². The van der Waals surface area contributed by atoms with Crippen molar-refractivity contribution in [2.75, 3.05) is 24.7 Å². The molecule has 1 aromatic rings. The summed E-state index contributed by atoms with van der Waals surface area (Å²) >= 11 is 3.72. The number of nitriles is 1. The number of para-hydroxylation sites is 1. The van der Waals surface area contributed by atoms with Crippen LogP contribution in [0.5, 0.6) is 5.75 Å². The predicted molar refractivity (Wildman–Crippen MR) is 106 cm³/mol. The van der Waals surface area contributed by atoms with E-state index in [1.165, 1.54) is 0 Å². The number of carbonyl (C=O) groups excluding carboxylic acids is 2. The molecule has 2 fully saturated rings. The Morgan fingerprint density at radius 3 is 2.59 bits per heavy atom. The lowest BCUT2D eigenvalue weighted by atomic mass is 10.00. The SMILES string of the molecule is N#CC1(NC(=O)COC(=O)COc2ccccc2C2SCCS2)CCCC1. The quantitative estimate of drug-likeness (QED) is 0.696. The standard InChI is InChI=1S/C19H22N2O4S2/c20-13-19(7-3-4-8-19)21-16(22)11-25-17(23)12-24-15-6-2-1-5-14(15)18-26-9-10-27-18/h1-2,5-6,18H,3-4,7-12H2,(H,21,22). The minimum Gasteiger partial charge on any atom is -0.482 e. The Balaban J connectivity index is 1.45. The van der Waals surface area contributed by atoms with E-state index in [9.17, 15) is 14.9 Å². The first-order valence-corrected chi connectivity index (χ1v) is 11.0. The smallest absolute Gasteiger partial charge is 0.344 e. The maximum atomic E-state index is 12.0. The Labute approximate surface area is 167 Å². The molecule has 0 radical (unpaired) electrons. The van der Waals surface area contributed by atoms with Crippen LogP contribution in [0.15, 0.2) is 24.3 Å². The number of carbonyl (C=O) groups is 2. The molecule has 0 aromatic heterocycles. The molecule has 8 heteroatoms. The highest BCUT2D eigenvalue weighted by Crippen LogP contribution is 2.48. The van der Waals surface area contributed by atoms with E-state index in [0.717, 1.165) is 29.9 Å². The van der Waals surface area contributed by atoms with Gasteiger partial charge in [0.05, 0.1) is 10.7 Å². The van der Waals surface area contributed by atoms with Crippen LogP contribution in [-0.4, -0.2) is 42.1 Å². The van der Waals surface area contributed by atoms with Crippen molar-refractivity contribution in [1.29, 1.82) is 5.26 Å². The number of hydrogen-bond acceptors (Lipinski definition) is 7. The van der Waals surface area contributed by atoms with Gasteiger partial charge in [-0.2, -0.15) is 5.26 Å². The first kappa shape index (κ1) is 19.9. The molecule has 27 heavy (non-hydrogen) atoms. The molecule has 1 saturated carbocycles. The molecule has 6 nitrogen and oxygen atoms in total. The minimum atomic E-state index is -0.810.